The number of likely N-dealkylation sites (tertiary alicyclic amines) is 1. The predicted octanol–water partition coefficient (Wildman–Crippen LogP) is 1.59. The highest BCUT2D eigenvalue weighted by atomic mass is 32.2. The van der Waals surface area contributed by atoms with Crippen molar-refractivity contribution in [3.63, 3.8) is 0 Å². The van der Waals surface area contributed by atoms with Gasteiger partial charge in [0, 0.05) is 31.7 Å². The van der Waals surface area contributed by atoms with Crippen LogP contribution in [0, 0.1) is 5.82 Å². The molecule has 1 aromatic rings. The Morgan fingerprint density at radius 1 is 1.17 bits per heavy atom. The van der Waals surface area contributed by atoms with Gasteiger partial charge in [-0.1, -0.05) is 18.2 Å². The van der Waals surface area contributed by atoms with Crippen LogP contribution in [0.15, 0.2) is 24.3 Å². The van der Waals surface area contributed by atoms with Crippen LogP contribution in [0.2, 0.25) is 0 Å². The number of halogens is 1. The van der Waals surface area contributed by atoms with Crippen molar-refractivity contribution in [1.29, 1.82) is 0 Å². The molecule has 0 N–H and O–H groups in total. The molecule has 1 aliphatic carbocycles. The smallest absolute Gasteiger partial charge is 0.217 e. The zero-order valence-electron chi connectivity index (χ0n) is 13.6. The van der Waals surface area contributed by atoms with E-state index < -0.39 is 10.0 Å². The quantitative estimate of drug-likeness (QED) is 0.824. The molecule has 0 radical (unpaired) electrons. The highest BCUT2D eigenvalue weighted by molar-refractivity contribution is 7.90. The number of morpholine rings is 1. The Morgan fingerprint density at radius 3 is 2.71 bits per heavy atom. The van der Waals surface area contributed by atoms with Crippen LogP contribution >= 0.6 is 0 Å². The third kappa shape index (κ3) is 3.10. The highest BCUT2D eigenvalue weighted by Gasteiger charge is 2.47. The summed E-state index contributed by atoms with van der Waals surface area (Å²) in [5, 5.41) is -0.196. The molecular formula is C17H23FN2O3S. The van der Waals surface area contributed by atoms with Crippen LogP contribution in [0.4, 0.5) is 4.39 Å². The molecule has 3 aliphatic rings. The Labute approximate surface area is 142 Å². The average Bonchev–Trinajstić information content (AvgIpc) is 3.42. The maximum atomic E-state index is 13.9. The molecular weight excluding hydrogens is 331 g/mol. The average molecular weight is 354 g/mol. The number of ether oxygens (including phenoxy) is 1. The third-order valence-electron chi connectivity index (χ3n) is 5.24. The molecule has 0 amide bonds. The van der Waals surface area contributed by atoms with Crippen molar-refractivity contribution >= 4 is 10.0 Å². The van der Waals surface area contributed by atoms with E-state index in [9.17, 15) is 12.8 Å². The summed E-state index contributed by atoms with van der Waals surface area (Å²) < 4.78 is 46.8. The van der Waals surface area contributed by atoms with Crippen molar-refractivity contribution in [3.05, 3.63) is 35.6 Å². The summed E-state index contributed by atoms with van der Waals surface area (Å²) in [4.78, 5) is 2.14. The van der Waals surface area contributed by atoms with Crippen LogP contribution in [-0.2, 0) is 21.3 Å². The van der Waals surface area contributed by atoms with Gasteiger partial charge in [0.2, 0.25) is 10.0 Å². The van der Waals surface area contributed by atoms with Gasteiger partial charge >= 0.3 is 0 Å². The number of fused-ring (bicyclic) bond motifs is 1. The van der Waals surface area contributed by atoms with Gasteiger partial charge in [0.05, 0.1) is 24.0 Å². The minimum absolute atomic E-state index is 0.0378. The number of rotatable bonds is 4. The second kappa shape index (κ2) is 6.37. The number of hydrogen-bond donors (Lipinski definition) is 0. The van der Waals surface area contributed by atoms with E-state index in [-0.39, 0.29) is 23.2 Å². The maximum absolute atomic E-state index is 13.9. The second-order valence-corrected chi connectivity index (χ2v) is 9.11. The van der Waals surface area contributed by atoms with Gasteiger partial charge in [0.1, 0.15) is 5.82 Å². The molecule has 1 saturated carbocycles. The Hall–Kier alpha value is -1.02. The Bertz CT molecular complexity index is 708. The normalized spacial score (nSPS) is 29.4. The summed E-state index contributed by atoms with van der Waals surface area (Å²) in [7, 11) is -3.21. The zero-order chi connectivity index (χ0) is 16.7. The fourth-order valence-corrected chi connectivity index (χ4v) is 5.81. The summed E-state index contributed by atoms with van der Waals surface area (Å²) in [6, 6.07) is 6.63. The Balaban J connectivity index is 1.50. The zero-order valence-corrected chi connectivity index (χ0v) is 14.4. The van der Waals surface area contributed by atoms with Gasteiger partial charge in [0.25, 0.3) is 0 Å². The van der Waals surface area contributed by atoms with E-state index in [1.165, 1.54) is 6.07 Å². The second-order valence-electron chi connectivity index (χ2n) is 6.95. The van der Waals surface area contributed by atoms with Crippen LogP contribution in [0.1, 0.15) is 24.8 Å². The van der Waals surface area contributed by atoms with Crippen molar-refractivity contribution in [2.24, 2.45) is 0 Å². The number of sulfonamides is 1. The summed E-state index contributed by atoms with van der Waals surface area (Å²) >= 11 is 0. The maximum Gasteiger partial charge on any atom is 0.217 e. The first-order valence-corrected chi connectivity index (χ1v) is 10.1. The molecule has 4 rings (SSSR count). The molecule has 1 aromatic carbocycles. The van der Waals surface area contributed by atoms with Crippen LogP contribution in [-0.4, -0.2) is 61.3 Å². The lowest BCUT2D eigenvalue weighted by Crippen LogP contribution is -2.61. The van der Waals surface area contributed by atoms with Crippen LogP contribution in [0.3, 0.4) is 0 Å². The van der Waals surface area contributed by atoms with E-state index in [0.29, 0.717) is 31.8 Å². The van der Waals surface area contributed by atoms with E-state index in [2.05, 4.69) is 4.90 Å². The molecule has 5 nitrogen and oxygen atoms in total. The first-order valence-electron chi connectivity index (χ1n) is 8.64. The first-order chi connectivity index (χ1) is 11.6. The van der Waals surface area contributed by atoms with Crippen LogP contribution in [0.5, 0.6) is 0 Å². The van der Waals surface area contributed by atoms with Crippen molar-refractivity contribution in [1.82, 2.24) is 9.21 Å². The van der Waals surface area contributed by atoms with Crippen LogP contribution < -0.4 is 0 Å². The Morgan fingerprint density at radius 2 is 1.96 bits per heavy atom. The van der Waals surface area contributed by atoms with Crippen molar-refractivity contribution in [3.8, 4) is 0 Å². The molecule has 2 heterocycles. The number of benzene rings is 1. The van der Waals surface area contributed by atoms with E-state index >= 15 is 0 Å². The van der Waals surface area contributed by atoms with Gasteiger partial charge < -0.3 is 4.74 Å². The molecule has 2 aliphatic heterocycles. The third-order valence-corrected chi connectivity index (χ3v) is 7.66. The highest BCUT2D eigenvalue weighted by Crippen LogP contribution is 2.35. The van der Waals surface area contributed by atoms with Crippen molar-refractivity contribution in [2.45, 2.75) is 43.2 Å². The van der Waals surface area contributed by atoms with Gasteiger partial charge in [-0.25, -0.2) is 12.8 Å². The topological polar surface area (TPSA) is 49.9 Å². The molecule has 7 heteroatoms. The largest absolute Gasteiger partial charge is 0.375 e. The fraction of sp³-hybridized carbons (Fsp3) is 0.647. The lowest BCUT2D eigenvalue weighted by molar-refractivity contribution is -0.0771. The molecule has 0 aromatic heterocycles. The summed E-state index contributed by atoms with van der Waals surface area (Å²) in [5.74, 6) is -0.207. The van der Waals surface area contributed by atoms with Gasteiger partial charge in [-0.3, -0.25) is 4.90 Å². The minimum atomic E-state index is -3.21. The Kier molecular flexibility index (Phi) is 4.36. The minimum Gasteiger partial charge on any atom is -0.375 e. The molecule has 2 atom stereocenters. The molecule has 24 heavy (non-hydrogen) atoms. The number of piperidine rings is 1. The van der Waals surface area contributed by atoms with Gasteiger partial charge in [0.15, 0.2) is 0 Å². The van der Waals surface area contributed by atoms with Crippen molar-refractivity contribution in [2.75, 3.05) is 26.2 Å². The fourth-order valence-electron chi connectivity index (χ4n) is 3.79. The molecule has 0 unspecified atom stereocenters. The first kappa shape index (κ1) is 16.4. The molecule has 0 bridgehead atoms. The monoisotopic (exact) mass is 354 g/mol. The number of hydrogen-bond acceptors (Lipinski definition) is 4. The van der Waals surface area contributed by atoms with Crippen LogP contribution in [0.25, 0.3) is 0 Å². The molecule has 3 fully saturated rings. The number of nitrogens with zero attached hydrogens (tertiary/aromatic N) is 2. The van der Waals surface area contributed by atoms with Gasteiger partial charge in [-0.05, 0) is 25.3 Å². The summed E-state index contributed by atoms with van der Waals surface area (Å²) in [5.41, 5.74) is 0.657. The van der Waals surface area contributed by atoms with Gasteiger partial charge in [-0.2, -0.15) is 4.31 Å². The summed E-state index contributed by atoms with van der Waals surface area (Å²) in [6.45, 7) is 2.82. The van der Waals surface area contributed by atoms with E-state index in [1.54, 1.807) is 16.4 Å². The molecule has 0 spiro atoms. The van der Waals surface area contributed by atoms with E-state index in [1.807, 2.05) is 6.07 Å². The SMILES string of the molecule is O=S(=O)(C1CC1)N1CCO[C@@H]2CCN(Cc3ccccc3F)C[C@H]21. The van der Waals surface area contributed by atoms with E-state index in [4.69, 9.17) is 4.74 Å². The van der Waals surface area contributed by atoms with Gasteiger partial charge in [-0.15, -0.1) is 0 Å². The molecule has 132 valence electrons. The van der Waals surface area contributed by atoms with E-state index in [0.717, 1.165) is 25.8 Å². The predicted molar refractivity (Wildman–Crippen MR) is 88.5 cm³/mol. The lowest BCUT2D eigenvalue weighted by Gasteiger charge is -2.46. The lowest BCUT2D eigenvalue weighted by atomic mass is 10.00. The standard InChI is InChI=1S/C17H23FN2O3S/c18-15-4-2-1-3-13(15)11-19-8-7-17-16(12-19)20(9-10-23-17)24(21,22)14-5-6-14/h1-4,14,16-17H,5-12H2/t16-,17-/m1/s1. The van der Waals surface area contributed by atoms with Crippen molar-refractivity contribution < 1.29 is 17.5 Å². The summed E-state index contributed by atoms with van der Waals surface area (Å²) in [6.07, 6.45) is 2.30. The molecule has 2 saturated heterocycles.